The maximum atomic E-state index is 13.8. The minimum absolute atomic E-state index is 0.0893. The molecule has 3 aliphatic rings. The van der Waals surface area contributed by atoms with Crippen molar-refractivity contribution in [2.24, 2.45) is 11.8 Å². The highest BCUT2D eigenvalue weighted by Gasteiger charge is 2.47. The third-order valence-electron chi connectivity index (χ3n) is 6.91. The standard InChI is InChI=1S/C28H27NO7/c1-15-11-19-25(26(30)22(15)27(31)33-3)24(18-9-10-20-21(12-18)36-14-35-20)23(16(2)29-19)28(32)34-13-17-7-5-4-6-8-17/h4-10,12,15,22,24,29H,11,13-14H2,1-3H3/t15-,22+,24-/m0/s1. The van der Waals surface area contributed by atoms with Gasteiger partial charge in [-0.25, -0.2) is 4.79 Å². The monoisotopic (exact) mass is 489 g/mol. The number of carbonyl (C=O) groups is 3. The fourth-order valence-electron chi connectivity index (χ4n) is 5.18. The Kier molecular flexibility index (Phi) is 6.26. The van der Waals surface area contributed by atoms with E-state index in [1.807, 2.05) is 43.3 Å². The number of benzene rings is 2. The second kappa shape index (κ2) is 9.53. The molecule has 0 saturated carbocycles. The van der Waals surface area contributed by atoms with Crippen molar-refractivity contribution in [3.05, 3.63) is 82.2 Å². The van der Waals surface area contributed by atoms with Crippen LogP contribution in [-0.4, -0.2) is 31.6 Å². The molecule has 1 aliphatic carbocycles. The van der Waals surface area contributed by atoms with Crippen molar-refractivity contribution in [3.8, 4) is 11.5 Å². The number of methoxy groups -OCH3 is 1. The summed E-state index contributed by atoms with van der Waals surface area (Å²) in [5.74, 6) is -2.31. The average Bonchev–Trinajstić information content (AvgIpc) is 3.35. The molecule has 2 heterocycles. The van der Waals surface area contributed by atoms with Gasteiger partial charge in [0.25, 0.3) is 0 Å². The largest absolute Gasteiger partial charge is 0.468 e. The van der Waals surface area contributed by atoms with Gasteiger partial charge >= 0.3 is 11.9 Å². The normalized spacial score (nSPS) is 22.6. The smallest absolute Gasteiger partial charge is 0.337 e. The van der Waals surface area contributed by atoms with Crippen LogP contribution in [0.1, 0.15) is 37.3 Å². The van der Waals surface area contributed by atoms with Crippen LogP contribution in [-0.2, 0) is 30.5 Å². The first-order valence-corrected chi connectivity index (χ1v) is 11.8. The lowest BCUT2D eigenvalue weighted by Gasteiger charge is -2.38. The zero-order valence-electron chi connectivity index (χ0n) is 20.3. The van der Waals surface area contributed by atoms with Gasteiger partial charge in [-0.2, -0.15) is 0 Å². The Balaban J connectivity index is 1.57. The molecule has 1 N–H and O–H groups in total. The predicted molar refractivity (Wildman–Crippen MR) is 129 cm³/mol. The lowest BCUT2D eigenvalue weighted by molar-refractivity contribution is -0.151. The van der Waals surface area contributed by atoms with Crippen LogP contribution in [0.3, 0.4) is 0 Å². The van der Waals surface area contributed by atoms with Gasteiger partial charge < -0.3 is 24.3 Å². The minimum Gasteiger partial charge on any atom is -0.468 e. The molecule has 2 aliphatic heterocycles. The molecule has 186 valence electrons. The van der Waals surface area contributed by atoms with Crippen molar-refractivity contribution in [2.75, 3.05) is 13.9 Å². The van der Waals surface area contributed by atoms with E-state index in [1.165, 1.54) is 7.11 Å². The zero-order valence-corrected chi connectivity index (χ0v) is 20.3. The van der Waals surface area contributed by atoms with Crippen LogP contribution < -0.4 is 14.8 Å². The van der Waals surface area contributed by atoms with E-state index in [1.54, 1.807) is 19.1 Å². The van der Waals surface area contributed by atoms with Crippen LogP contribution >= 0.6 is 0 Å². The first-order valence-electron chi connectivity index (χ1n) is 11.8. The second-order valence-corrected chi connectivity index (χ2v) is 9.21. The van der Waals surface area contributed by atoms with Gasteiger partial charge in [0, 0.05) is 22.9 Å². The summed E-state index contributed by atoms with van der Waals surface area (Å²) in [6.45, 7) is 3.83. The number of hydrogen-bond donors (Lipinski definition) is 1. The van der Waals surface area contributed by atoms with E-state index in [0.717, 1.165) is 5.56 Å². The maximum Gasteiger partial charge on any atom is 0.337 e. The SMILES string of the molecule is COC(=O)[C@H]1C(=O)C2=C(C[C@@H]1C)NC(C)=C(C(=O)OCc1ccccc1)[C@@H]2c1ccc2c(c1)OCO2. The van der Waals surface area contributed by atoms with Gasteiger partial charge in [-0.3, -0.25) is 9.59 Å². The van der Waals surface area contributed by atoms with Gasteiger partial charge in [0.05, 0.1) is 12.7 Å². The molecule has 36 heavy (non-hydrogen) atoms. The molecule has 0 spiro atoms. The number of nitrogens with one attached hydrogen (secondary N) is 1. The van der Waals surface area contributed by atoms with Gasteiger partial charge in [-0.05, 0) is 42.5 Å². The predicted octanol–water partition coefficient (Wildman–Crippen LogP) is 3.77. The highest BCUT2D eigenvalue weighted by molar-refractivity contribution is 6.12. The molecule has 8 nitrogen and oxygen atoms in total. The maximum absolute atomic E-state index is 13.8. The third kappa shape index (κ3) is 4.12. The van der Waals surface area contributed by atoms with E-state index in [0.29, 0.717) is 46.0 Å². The van der Waals surface area contributed by atoms with Crippen molar-refractivity contribution < 1.29 is 33.3 Å². The summed E-state index contributed by atoms with van der Waals surface area (Å²) in [5, 5.41) is 3.27. The summed E-state index contributed by atoms with van der Waals surface area (Å²) in [6, 6.07) is 14.7. The van der Waals surface area contributed by atoms with Gasteiger partial charge in [-0.1, -0.05) is 43.3 Å². The molecule has 0 aromatic heterocycles. The van der Waals surface area contributed by atoms with Crippen LogP contribution in [0.2, 0.25) is 0 Å². The Labute approximate surface area is 208 Å². The van der Waals surface area contributed by atoms with Crippen LogP contribution in [0.15, 0.2) is 71.1 Å². The van der Waals surface area contributed by atoms with Crippen LogP contribution in [0, 0.1) is 11.8 Å². The highest BCUT2D eigenvalue weighted by atomic mass is 16.7. The number of Topliss-reactive ketones (excluding diaryl/α,β-unsaturated/α-hetero) is 1. The van der Waals surface area contributed by atoms with Crippen LogP contribution in [0.5, 0.6) is 11.5 Å². The molecule has 0 fully saturated rings. The van der Waals surface area contributed by atoms with Gasteiger partial charge in [0.1, 0.15) is 12.5 Å². The van der Waals surface area contributed by atoms with Crippen molar-refractivity contribution in [1.29, 1.82) is 0 Å². The number of rotatable bonds is 5. The van der Waals surface area contributed by atoms with Crippen molar-refractivity contribution in [3.63, 3.8) is 0 Å². The summed E-state index contributed by atoms with van der Waals surface area (Å²) >= 11 is 0. The Morgan fingerprint density at radius 1 is 1.08 bits per heavy atom. The Morgan fingerprint density at radius 3 is 2.58 bits per heavy atom. The molecule has 3 atom stereocenters. The summed E-state index contributed by atoms with van der Waals surface area (Å²) in [4.78, 5) is 39.9. The van der Waals surface area contributed by atoms with Crippen LogP contribution in [0.4, 0.5) is 0 Å². The van der Waals surface area contributed by atoms with Gasteiger partial charge in [-0.15, -0.1) is 0 Å². The molecule has 5 rings (SSSR count). The quantitative estimate of drug-likeness (QED) is 0.501. The third-order valence-corrected chi connectivity index (χ3v) is 6.91. The Bertz CT molecular complexity index is 1290. The molecule has 0 bridgehead atoms. The Morgan fingerprint density at radius 2 is 1.83 bits per heavy atom. The second-order valence-electron chi connectivity index (χ2n) is 9.21. The van der Waals surface area contributed by atoms with Crippen LogP contribution in [0.25, 0.3) is 0 Å². The van der Waals surface area contributed by atoms with Gasteiger partial charge in [0.15, 0.2) is 17.3 Å². The zero-order chi connectivity index (χ0) is 25.4. The molecular formula is C28H27NO7. The molecule has 0 saturated heterocycles. The van der Waals surface area contributed by atoms with E-state index in [2.05, 4.69) is 5.32 Å². The number of ketones is 1. The van der Waals surface area contributed by atoms with Crippen molar-refractivity contribution in [1.82, 2.24) is 5.32 Å². The lowest BCUT2D eigenvalue weighted by atomic mass is 9.69. The number of carbonyl (C=O) groups excluding carboxylic acids is 3. The molecule has 0 amide bonds. The molecule has 2 aromatic rings. The van der Waals surface area contributed by atoms with Gasteiger partial charge in [0.2, 0.25) is 6.79 Å². The molecule has 0 unspecified atom stereocenters. The van der Waals surface area contributed by atoms with Crippen molar-refractivity contribution >= 4 is 17.7 Å². The summed E-state index contributed by atoms with van der Waals surface area (Å²) in [7, 11) is 1.27. The number of ether oxygens (including phenoxy) is 4. The summed E-state index contributed by atoms with van der Waals surface area (Å²) in [6.07, 6.45) is 0.464. The fraction of sp³-hybridized carbons (Fsp3) is 0.321. The summed E-state index contributed by atoms with van der Waals surface area (Å²) in [5.41, 5.74) is 3.51. The van der Waals surface area contributed by atoms with E-state index < -0.39 is 23.8 Å². The number of esters is 2. The number of fused-ring (bicyclic) bond motifs is 1. The molecule has 2 aromatic carbocycles. The minimum atomic E-state index is -0.952. The lowest BCUT2D eigenvalue weighted by Crippen LogP contribution is -2.43. The Hall–Kier alpha value is -4.07. The van der Waals surface area contributed by atoms with E-state index >= 15 is 0 Å². The highest BCUT2D eigenvalue weighted by Crippen LogP contribution is 2.47. The number of allylic oxidation sites excluding steroid dienone is 3. The first-order chi connectivity index (χ1) is 17.4. The van der Waals surface area contributed by atoms with E-state index in [9.17, 15) is 14.4 Å². The summed E-state index contributed by atoms with van der Waals surface area (Å²) < 4.78 is 21.7. The first kappa shape index (κ1) is 23.7. The topological polar surface area (TPSA) is 100 Å². The van der Waals surface area contributed by atoms with Crippen molar-refractivity contribution in [2.45, 2.75) is 32.8 Å². The van der Waals surface area contributed by atoms with E-state index in [4.69, 9.17) is 18.9 Å². The fourth-order valence-corrected chi connectivity index (χ4v) is 5.18. The van der Waals surface area contributed by atoms with E-state index in [-0.39, 0.29) is 25.1 Å². The molecular weight excluding hydrogens is 462 g/mol. The number of hydrogen-bond acceptors (Lipinski definition) is 8. The average molecular weight is 490 g/mol. The molecule has 0 radical (unpaired) electrons. The number of dihydropyridines is 1. The molecule has 8 heteroatoms.